The summed E-state index contributed by atoms with van der Waals surface area (Å²) in [4.78, 5) is 2.08. The van der Waals surface area contributed by atoms with Crippen molar-refractivity contribution in [2.75, 3.05) is 0 Å². The maximum atomic E-state index is 10.4. The molecule has 1 nitrogen and oxygen atoms in total. The molecule has 20 heavy (non-hydrogen) atoms. The van der Waals surface area contributed by atoms with Crippen LogP contribution in [0.5, 0.6) is 0 Å². The molecule has 0 bridgehead atoms. The highest BCUT2D eigenvalue weighted by Gasteiger charge is 2.19. The smallest absolute Gasteiger partial charge is 0.0860 e. The van der Waals surface area contributed by atoms with E-state index in [2.05, 4.69) is 6.58 Å². The lowest BCUT2D eigenvalue weighted by Crippen LogP contribution is -2.09. The summed E-state index contributed by atoms with van der Waals surface area (Å²) in [6, 6.07) is 17.3. The zero-order chi connectivity index (χ0) is 14.5. The Kier molecular flexibility index (Phi) is 5.30. The van der Waals surface area contributed by atoms with Crippen LogP contribution >= 0.6 is 23.4 Å². The molecule has 2 aromatic rings. The van der Waals surface area contributed by atoms with Crippen molar-refractivity contribution >= 4 is 23.4 Å². The van der Waals surface area contributed by atoms with Gasteiger partial charge < -0.3 is 5.11 Å². The van der Waals surface area contributed by atoms with Gasteiger partial charge in [0.05, 0.1) is 6.10 Å². The van der Waals surface area contributed by atoms with Crippen LogP contribution in [0.15, 0.2) is 71.0 Å². The van der Waals surface area contributed by atoms with Crippen LogP contribution in [0, 0.1) is 5.92 Å². The van der Waals surface area contributed by atoms with Gasteiger partial charge in [-0.15, -0.1) is 0 Å². The SMILES string of the molecule is C=C(Sc1ccccc1)[C@H](C)[C@@H](O)c1ccc(Cl)cc1. The maximum Gasteiger partial charge on any atom is 0.0860 e. The van der Waals surface area contributed by atoms with E-state index in [1.807, 2.05) is 49.4 Å². The van der Waals surface area contributed by atoms with Gasteiger partial charge in [-0.25, -0.2) is 0 Å². The molecule has 0 aromatic heterocycles. The standard InChI is InChI=1S/C17H17ClOS/c1-12(13(2)20-16-6-4-3-5-7-16)17(19)14-8-10-15(18)11-9-14/h3-12,17,19H,2H2,1H3/t12-,17+/m0/s1. The van der Waals surface area contributed by atoms with Crippen molar-refractivity contribution in [3.63, 3.8) is 0 Å². The van der Waals surface area contributed by atoms with Crippen LogP contribution in [0.4, 0.5) is 0 Å². The van der Waals surface area contributed by atoms with Crippen molar-refractivity contribution < 1.29 is 5.11 Å². The van der Waals surface area contributed by atoms with Crippen molar-refractivity contribution in [2.24, 2.45) is 5.92 Å². The molecule has 0 amide bonds. The summed E-state index contributed by atoms with van der Waals surface area (Å²) in [5.41, 5.74) is 0.858. The third-order valence-corrected chi connectivity index (χ3v) is 4.58. The van der Waals surface area contributed by atoms with Gasteiger partial charge in [-0.05, 0) is 34.7 Å². The first-order chi connectivity index (χ1) is 9.58. The van der Waals surface area contributed by atoms with Gasteiger partial charge in [0.2, 0.25) is 0 Å². The molecule has 0 saturated heterocycles. The van der Waals surface area contributed by atoms with Gasteiger partial charge in [0.15, 0.2) is 0 Å². The molecule has 1 N–H and O–H groups in total. The molecule has 0 fully saturated rings. The van der Waals surface area contributed by atoms with Crippen LogP contribution in [0.1, 0.15) is 18.6 Å². The second-order valence-electron chi connectivity index (χ2n) is 4.67. The molecular weight excluding hydrogens is 288 g/mol. The molecule has 104 valence electrons. The minimum Gasteiger partial charge on any atom is -0.388 e. The number of aliphatic hydroxyl groups is 1. The third kappa shape index (κ3) is 3.89. The van der Waals surface area contributed by atoms with E-state index >= 15 is 0 Å². The average Bonchev–Trinajstić information content (AvgIpc) is 2.47. The second-order valence-corrected chi connectivity index (χ2v) is 6.30. The number of rotatable bonds is 5. The summed E-state index contributed by atoms with van der Waals surface area (Å²) >= 11 is 7.46. The van der Waals surface area contributed by atoms with Gasteiger partial charge >= 0.3 is 0 Å². The average molecular weight is 305 g/mol. The first kappa shape index (κ1) is 15.2. The summed E-state index contributed by atoms with van der Waals surface area (Å²) in [6.07, 6.45) is -0.573. The van der Waals surface area contributed by atoms with E-state index in [0.29, 0.717) is 5.02 Å². The largest absolute Gasteiger partial charge is 0.388 e. The lowest BCUT2D eigenvalue weighted by atomic mass is 9.97. The normalized spacial score (nSPS) is 13.8. The molecule has 0 unspecified atom stereocenters. The third-order valence-electron chi connectivity index (χ3n) is 3.19. The van der Waals surface area contributed by atoms with Crippen molar-refractivity contribution in [3.05, 3.63) is 76.7 Å². The minimum atomic E-state index is -0.573. The van der Waals surface area contributed by atoms with Crippen molar-refractivity contribution in [3.8, 4) is 0 Å². The van der Waals surface area contributed by atoms with Crippen LogP contribution < -0.4 is 0 Å². The van der Waals surface area contributed by atoms with Gasteiger partial charge in [-0.2, -0.15) is 0 Å². The summed E-state index contributed by atoms with van der Waals surface area (Å²) in [5.74, 6) is -0.0404. The zero-order valence-electron chi connectivity index (χ0n) is 11.3. The Morgan fingerprint density at radius 1 is 1.10 bits per heavy atom. The van der Waals surface area contributed by atoms with E-state index in [4.69, 9.17) is 11.6 Å². The maximum absolute atomic E-state index is 10.4. The molecule has 0 aliphatic rings. The van der Waals surface area contributed by atoms with Crippen LogP contribution in [-0.2, 0) is 0 Å². The number of hydrogen-bond acceptors (Lipinski definition) is 2. The first-order valence-corrected chi connectivity index (χ1v) is 7.62. The zero-order valence-corrected chi connectivity index (χ0v) is 12.9. The molecule has 2 rings (SSSR count). The first-order valence-electron chi connectivity index (χ1n) is 6.43. The van der Waals surface area contributed by atoms with Crippen LogP contribution in [0.25, 0.3) is 0 Å². The fourth-order valence-electron chi connectivity index (χ4n) is 1.86. The number of thioether (sulfide) groups is 1. The van der Waals surface area contributed by atoms with Crippen LogP contribution in [0.2, 0.25) is 5.02 Å². The fourth-order valence-corrected chi connectivity index (χ4v) is 2.89. The minimum absolute atomic E-state index is 0.0404. The molecule has 0 aliphatic carbocycles. The van der Waals surface area contributed by atoms with Gasteiger partial charge in [0.25, 0.3) is 0 Å². The van der Waals surface area contributed by atoms with Crippen LogP contribution in [-0.4, -0.2) is 5.11 Å². The highest BCUT2D eigenvalue weighted by atomic mass is 35.5. The van der Waals surface area contributed by atoms with Crippen molar-refractivity contribution in [1.29, 1.82) is 0 Å². The highest BCUT2D eigenvalue weighted by Crippen LogP contribution is 2.36. The van der Waals surface area contributed by atoms with E-state index in [1.165, 1.54) is 0 Å². The Morgan fingerprint density at radius 2 is 1.70 bits per heavy atom. The molecular formula is C17H17ClOS. The lowest BCUT2D eigenvalue weighted by Gasteiger charge is -2.21. The van der Waals surface area contributed by atoms with E-state index in [1.54, 1.807) is 23.9 Å². The van der Waals surface area contributed by atoms with E-state index in [-0.39, 0.29) is 5.92 Å². The van der Waals surface area contributed by atoms with E-state index in [0.717, 1.165) is 15.4 Å². The summed E-state index contributed by atoms with van der Waals surface area (Å²) in [7, 11) is 0. The molecule has 0 heterocycles. The molecule has 2 atom stereocenters. The topological polar surface area (TPSA) is 20.2 Å². The lowest BCUT2D eigenvalue weighted by molar-refractivity contribution is 0.138. The number of hydrogen-bond donors (Lipinski definition) is 1. The van der Waals surface area contributed by atoms with Gasteiger partial charge in [-0.1, -0.05) is 67.2 Å². The Labute approximate surface area is 129 Å². The van der Waals surface area contributed by atoms with E-state index < -0.39 is 6.10 Å². The number of aliphatic hydroxyl groups excluding tert-OH is 1. The Morgan fingerprint density at radius 3 is 2.30 bits per heavy atom. The second kappa shape index (κ2) is 6.98. The Bertz CT molecular complexity index is 565. The molecule has 0 saturated carbocycles. The van der Waals surface area contributed by atoms with Gasteiger partial charge in [0.1, 0.15) is 0 Å². The van der Waals surface area contributed by atoms with Gasteiger partial charge in [0, 0.05) is 15.8 Å². The Hall–Kier alpha value is -1.22. The monoisotopic (exact) mass is 304 g/mol. The summed E-state index contributed by atoms with van der Waals surface area (Å²) < 4.78 is 0. The van der Waals surface area contributed by atoms with E-state index in [9.17, 15) is 5.11 Å². The predicted octanol–water partition coefficient (Wildman–Crippen LogP) is 5.32. The molecule has 3 heteroatoms. The summed E-state index contributed by atoms with van der Waals surface area (Å²) in [6.45, 7) is 6.07. The van der Waals surface area contributed by atoms with Crippen molar-refractivity contribution in [2.45, 2.75) is 17.9 Å². The molecule has 0 aliphatic heterocycles. The molecule has 0 radical (unpaired) electrons. The van der Waals surface area contributed by atoms with Crippen LogP contribution in [0.3, 0.4) is 0 Å². The Balaban J connectivity index is 2.04. The highest BCUT2D eigenvalue weighted by molar-refractivity contribution is 8.03. The van der Waals surface area contributed by atoms with Crippen molar-refractivity contribution in [1.82, 2.24) is 0 Å². The number of halogens is 1. The number of benzene rings is 2. The fraction of sp³-hybridized carbons (Fsp3) is 0.176. The molecule has 0 spiro atoms. The van der Waals surface area contributed by atoms with Gasteiger partial charge in [-0.3, -0.25) is 0 Å². The quantitative estimate of drug-likeness (QED) is 0.755. The molecule has 2 aromatic carbocycles. The summed E-state index contributed by atoms with van der Waals surface area (Å²) in [5, 5.41) is 11.1. The predicted molar refractivity (Wildman–Crippen MR) is 87.0 cm³/mol.